The zero-order valence-corrected chi connectivity index (χ0v) is 6.49. The highest BCUT2D eigenvalue weighted by Gasteiger charge is 2.10. The Morgan fingerprint density at radius 2 is 2.09 bits per heavy atom. The molecule has 0 amide bonds. The second kappa shape index (κ2) is 4.76. The van der Waals surface area contributed by atoms with Crippen molar-refractivity contribution in [1.82, 2.24) is 0 Å². The van der Waals surface area contributed by atoms with E-state index in [-0.39, 0.29) is 0 Å². The van der Waals surface area contributed by atoms with Crippen LogP contribution in [0, 0.1) is 0 Å². The first-order valence-corrected chi connectivity index (χ1v) is 3.23. The molecule has 0 aromatic carbocycles. The maximum absolute atomic E-state index is 8.69. The van der Waals surface area contributed by atoms with Gasteiger partial charge < -0.3 is 15.8 Å². The van der Waals surface area contributed by atoms with Gasteiger partial charge in [0.05, 0.1) is 0 Å². The van der Waals surface area contributed by atoms with Crippen LogP contribution in [0.5, 0.6) is 0 Å². The van der Waals surface area contributed by atoms with Crippen molar-refractivity contribution in [3.8, 4) is 0 Å². The molecule has 0 aliphatic rings. The zero-order valence-electron chi connectivity index (χ0n) is 6.49. The first-order valence-electron chi connectivity index (χ1n) is 3.23. The van der Waals surface area contributed by atoms with Gasteiger partial charge in [-0.3, -0.25) is 0 Å². The Kier molecular flexibility index (Phi) is 4.33. The van der Waals surface area contributed by atoms with Crippen molar-refractivity contribution >= 4 is 7.12 Å². The predicted molar refractivity (Wildman–Crippen MR) is 46.4 cm³/mol. The van der Waals surface area contributed by atoms with Crippen molar-refractivity contribution in [3.05, 3.63) is 36.0 Å². The molecule has 0 aliphatic heterocycles. The molecule has 0 spiro atoms. The van der Waals surface area contributed by atoms with Gasteiger partial charge in [-0.15, -0.1) is 0 Å². The Bertz CT molecular complexity index is 197. The Morgan fingerprint density at radius 3 is 2.36 bits per heavy atom. The van der Waals surface area contributed by atoms with Gasteiger partial charge in [0, 0.05) is 5.70 Å². The molecule has 0 fully saturated rings. The van der Waals surface area contributed by atoms with Crippen molar-refractivity contribution in [2.75, 3.05) is 0 Å². The number of hydrogen-bond donors (Lipinski definition) is 3. The third-order valence-corrected chi connectivity index (χ3v) is 1.20. The summed E-state index contributed by atoms with van der Waals surface area (Å²) in [5.41, 5.74) is 6.17. The molecule has 0 heterocycles. The molecular formula is C7H12BNO2. The molecule has 0 radical (unpaired) electrons. The van der Waals surface area contributed by atoms with Crippen molar-refractivity contribution in [1.29, 1.82) is 0 Å². The van der Waals surface area contributed by atoms with Crippen LogP contribution in [0.1, 0.15) is 6.92 Å². The molecule has 60 valence electrons. The van der Waals surface area contributed by atoms with Crippen LogP contribution in [-0.2, 0) is 0 Å². The maximum Gasteiger partial charge on any atom is 0.488 e. The van der Waals surface area contributed by atoms with E-state index in [1.165, 1.54) is 12.2 Å². The van der Waals surface area contributed by atoms with Gasteiger partial charge in [-0.05, 0) is 18.5 Å². The molecule has 0 aliphatic carbocycles. The lowest BCUT2D eigenvalue weighted by atomic mass is 9.79. The molecule has 0 saturated carbocycles. The Hall–Kier alpha value is -0.995. The van der Waals surface area contributed by atoms with Crippen LogP contribution >= 0.6 is 0 Å². The molecule has 11 heavy (non-hydrogen) atoms. The molecule has 0 aromatic rings. The van der Waals surface area contributed by atoms with Crippen molar-refractivity contribution < 1.29 is 10.0 Å². The zero-order chi connectivity index (χ0) is 8.85. The van der Waals surface area contributed by atoms with Crippen LogP contribution < -0.4 is 5.73 Å². The topological polar surface area (TPSA) is 66.5 Å². The van der Waals surface area contributed by atoms with Crippen LogP contribution in [0.15, 0.2) is 36.0 Å². The summed E-state index contributed by atoms with van der Waals surface area (Å²) in [5.74, 6) is 0. The van der Waals surface area contributed by atoms with E-state index < -0.39 is 7.12 Å². The standard InChI is InChI=1S/C7H12BNO2/c1-3-6(8(10)11)5-7(9)4-2/h3-5,10-11H,1,9H2,2H3/b6-5+,7-4+. The Labute approximate surface area is 66.7 Å². The smallest absolute Gasteiger partial charge is 0.423 e. The summed E-state index contributed by atoms with van der Waals surface area (Å²) in [7, 11) is -1.51. The summed E-state index contributed by atoms with van der Waals surface area (Å²) < 4.78 is 0. The molecule has 0 atom stereocenters. The van der Waals surface area contributed by atoms with Gasteiger partial charge >= 0.3 is 7.12 Å². The quantitative estimate of drug-likeness (QED) is 0.394. The van der Waals surface area contributed by atoms with Crippen LogP contribution in [-0.4, -0.2) is 17.2 Å². The van der Waals surface area contributed by atoms with E-state index in [1.807, 2.05) is 0 Å². The lowest BCUT2D eigenvalue weighted by Gasteiger charge is -1.98. The van der Waals surface area contributed by atoms with Gasteiger partial charge in [0.1, 0.15) is 0 Å². The van der Waals surface area contributed by atoms with E-state index >= 15 is 0 Å². The van der Waals surface area contributed by atoms with E-state index in [4.69, 9.17) is 15.8 Å². The molecule has 0 saturated heterocycles. The highest BCUT2D eigenvalue weighted by atomic mass is 16.4. The largest absolute Gasteiger partial charge is 0.488 e. The summed E-state index contributed by atoms with van der Waals surface area (Å²) >= 11 is 0. The molecule has 0 unspecified atom stereocenters. The van der Waals surface area contributed by atoms with Crippen LogP contribution in [0.25, 0.3) is 0 Å². The van der Waals surface area contributed by atoms with Crippen molar-refractivity contribution in [2.45, 2.75) is 6.92 Å². The van der Waals surface area contributed by atoms with E-state index in [1.54, 1.807) is 13.0 Å². The minimum Gasteiger partial charge on any atom is -0.423 e. The minimum atomic E-state index is -1.51. The summed E-state index contributed by atoms with van der Waals surface area (Å²) in [6.07, 6.45) is 4.46. The van der Waals surface area contributed by atoms with E-state index in [0.717, 1.165) is 0 Å². The van der Waals surface area contributed by atoms with Crippen LogP contribution in [0.2, 0.25) is 0 Å². The second-order valence-corrected chi connectivity index (χ2v) is 2.01. The van der Waals surface area contributed by atoms with E-state index in [9.17, 15) is 0 Å². The average Bonchev–Trinajstić information content (AvgIpc) is 1.99. The average molecular weight is 153 g/mol. The van der Waals surface area contributed by atoms with E-state index in [0.29, 0.717) is 11.2 Å². The summed E-state index contributed by atoms with van der Waals surface area (Å²) in [6.45, 7) is 5.16. The second-order valence-electron chi connectivity index (χ2n) is 2.01. The van der Waals surface area contributed by atoms with Gasteiger partial charge in [0.25, 0.3) is 0 Å². The number of nitrogens with two attached hydrogens (primary N) is 1. The molecular weight excluding hydrogens is 141 g/mol. The lowest BCUT2D eigenvalue weighted by molar-refractivity contribution is 0.420. The third-order valence-electron chi connectivity index (χ3n) is 1.20. The number of rotatable bonds is 3. The molecule has 0 rings (SSSR count). The maximum atomic E-state index is 8.69. The first-order chi connectivity index (χ1) is 5.11. The summed E-state index contributed by atoms with van der Waals surface area (Å²) in [6, 6.07) is 0. The van der Waals surface area contributed by atoms with Gasteiger partial charge in [-0.2, -0.15) is 0 Å². The number of allylic oxidation sites excluding steroid dienone is 4. The molecule has 3 nitrogen and oxygen atoms in total. The van der Waals surface area contributed by atoms with E-state index in [2.05, 4.69) is 6.58 Å². The Morgan fingerprint density at radius 1 is 1.55 bits per heavy atom. The molecule has 4 heteroatoms. The monoisotopic (exact) mass is 153 g/mol. The summed E-state index contributed by atoms with van der Waals surface area (Å²) in [5, 5.41) is 17.4. The molecule has 0 aromatic heterocycles. The number of hydrogen-bond acceptors (Lipinski definition) is 3. The van der Waals surface area contributed by atoms with Crippen molar-refractivity contribution in [2.24, 2.45) is 5.73 Å². The third kappa shape index (κ3) is 3.65. The summed E-state index contributed by atoms with van der Waals surface area (Å²) in [4.78, 5) is 0. The fraction of sp³-hybridized carbons (Fsp3) is 0.143. The van der Waals surface area contributed by atoms with Crippen LogP contribution in [0.3, 0.4) is 0 Å². The highest BCUT2D eigenvalue weighted by Crippen LogP contribution is 2.00. The van der Waals surface area contributed by atoms with Gasteiger partial charge in [0.2, 0.25) is 0 Å². The fourth-order valence-electron chi connectivity index (χ4n) is 0.515. The normalized spacial score (nSPS) is 13.0. The van der Waals surface area contributed by atoms with Gasteiger partial charge in [-0.1, -0.05) is 18.7 Å². The molecule has 0 bridgehead atoms. The Balaban J connectivity index is 4.48. The predicted octanol–water partition coefficient (Wildman–Crippen LogP) is -0.0267. The SMILES string of the molecule is C=C/C(=C\C(N)=C/C)B(O)O. The lowest BCUT2D eigenvalue weighted by Crippen LogP contribution is -2.14. The fourth-order valence-corrected chi connectivity index (χ4v) is 0.515. The van der Waals surface area contributed by atoms with Gasteiger partial charge in [-0.25, -0.2) is 0 Å². The highest BCUT2D eigenvalue weighted by molar-refractivity contribution is 6.51. The first kappa shape index (κ1) is 10.0. The van der Waals surface area contributed by atoms with Gasteiger partial charge in [0.15, 0.2) is 0 Å². The van der Waals surface area contributed by atoms with Crippen molar-refractivity contribution in [3.63, 3.8) is 0 Å². The molecule has 4 N–H and O–H groups in total. The van der Waals surface area contributed by atoms with Crippen LogP contribution in [0.4, 0.5) is 0 Å². The minimum absolute atomic E-state index is 0.292.